The number of urea groups is 1. The molecular weight excluding hydrogens is 596 g/mol. The summed E-state index contributed by atoms with van der Waals surface area (Å²) in [6.07, 6.45) is 1.38. The van der Waals surface area contributed by atoms with Crippen LogP contribution < -0.4 is 19.7 Å². The van der Waals surface area contributed by atoms with Crippen LogP contribution in [0.5, 0.6) is 11.5 Å². The molecule has 4 aromatic carbocycles. The fourth-order valence-corrected chi connectivity index (χ4v) is 5.30. The molecule has 4 amide bonds. The minimum Gasteiger partial charge on any atom is -0.490 e. The maximum Gasteiger partial charge on any atom is 0.335 e. The van der Waals surface area contributed by atoms with Crippen molar-refractivity contribution in [3.63, 3.8) is 0 Å². The lowest BCUT2D eigenvalue weighted by atomic mass is 10.0. The molecule has 0 aromatic heterocycles. The highest BCUT2D eigenvalue weighted by molar-refractivity contribution is 9.10. The molecule has 1 heterocycles. The van der Waals surface area contributed by atoms with Gasteiger partial charge in [-0.3, -0.25) is 14.9 Å². The topological polar surface area (TPSA) is 84.9 Å². The zero-order chi connectivity index (χ0) is 28.4. The first-order valence-electron chi connectivity index (χ1n) is 12.5. The van der Waals surface area contributed by atoms with Crippen LogP contribution in [0.15, 0.2) is 82.8 Å². The standard InChI is InChI=1S/C31H24BrClN2O5/c1-3-39-27-16-19(15-25(33)28(27)40-17-21-9-6-8-20-7-4-5-10-23(20)21)14-24-29(36)34-31(38)35(30(24)37)26-12-11-22(32)13-18(26)2/h4-16H,3,17H2,1-2H3,(H,34,36,38)/b24-14-. The minimum absolute atomic E-state index is 0.218. The lowest BCUT2D eigenvalue weighted by Gasteiger charge is -2.27. The summed E-state index contributed by atoms with van der Waals surface area (Å²) in [5, 5.41) is 4.67. The van der Waals surface area contributed by atoms with Crippen LogP contribution in [0.1, 0.15) is 23.6 Å². The number of ether oxygens (including phenoxy) is 2. The number of hydrogen-bond acceptors (Lipinski definition) is 5. The molecule has 40 heavy (non-hydrogen) atoms. The van der Waals surface area contributed by atoms with E-state index in [0.717, 1.165) is 25.7 Å². The normalized spacial score (nSPS) is 14.6. The second-order valence-electron chi connectivity index (χ2n) is 9.08. The summed E-state index contributed by atoms with van der Waals surface area (Å²) in [5.41, 5.74) is 2.26. The highest BCUT2D eigenvalue weighted by atomic mass is 79.9. The van der Waals surface area contributed by atoms with Crippen LogP contribution in [-0.2, 0) is 16.2 Å². The zero-order valence-corrected chi connectivity index (χ0v) is 24.0. The van der Waals surface area contributed by atoms with E-state index in [1.165, 1.54) is 6.08 Å². The average Bonchev–Trinajstić information content (AvgIpc) is 2.92. The molecule has 1 fully saturated rings. The van der Waals surface area contributed by atoms with Crippen LogP contribution in [0.4, 0.5) is 10.5 Å². The molecule has 0 aliphatic carbocycles. The van der Waals surface area contributed by atoms with E-state index in [1.54, 1.807) is 37.3 Å². The summed E-state index contributed by atoms with van der Waals surface area (Å²) < 4.78 is 12.7. The van der Waals surface area contributed by atoms with Gasteiger partial charge in [0.15, 0.2) is 11.5 Å². The number of halogens is 2. The SMILES string of the molecule is CCOc1cc(/C=C2/C(=O)NC(=O)N(c3ccc(Br)cc3C)C2=O)cc(Cl)c1OCc1cccc2ccccc12. The van der Waals surface area contributed by atoms with E-state index in [0.29, 0.717) is 34.9 Å². The van der Waals surface area contributed by atoms with Crippen LogP contribution in [0.2, 0.25) is 5.02 Å². The number of benzene rings is 4. The Morgan fingerprint density at radius 2 is 1.75 bits per heavy atom. The number of aryl methyl sites for hydroxylation is 1. The number of rotatable bonds is 7. The Hall–Kier alpha value is -4.14. The van der Waals surface area contributed by atoms with E-state index in [9.17, 15) is 14.4 Å². The van der Waals surface area contributed by atoms with Gasteiger partial charge in [0.25, 0.3) is 11.8 Å². The molecule has 0 spiro atoms. The molecule has 0 bridgehead atoms. The van der Waals surface area contributed by atoms with E-state index >= 15 is 0 Å². The number of nitrogens with one attached hydrogen (secondary N) is 1. The summed E-state index contributed by atoms with van der Waals surface area (Å²) in [7, 11) is 0. The lowest BCUT2D eigenvalue weighted by molar-refractivity contribution is -0.122. The molecule has 0 saturated carbocycles. The van der Waals surface area contributed by atoms with Crippen molar-refractivity contribution in [1.29, 1.82) is 0 Å². The first-order valence-corrected chi connectivity index (χ1v) is 13.7. The molecule has 1 saturated heterocycles. The number of imide groups is 2. The van der Waals surface area contributed by atoms with Crippen LogP contribution in [-0.4, -0.2) is 24.5 Å². The van der Waals surface area contributed by atoms with Crippen molar-refractivity contribution in [2.24, 2.45) is 0 Å². The molecule has 0 unspecified atom stereocenters. The van der Waals surface area contributed by atoms with Crippen LogP contribution in [0, 0.1) is 6.92 Å². The van der Waals surface area contributed by atoms with Gasteiger partial charge in [0.1, 0.15) is 12.2 Å². The first kappa shape index (κ1) is 27.4. The van der Waals surface area contributed by atoms with Gasteiger partial charge in [-0.15, -0.1) is 0 Å². The molecule has 9 heteroatoms. The molecule has 4 aromatic rings. The second-order valence-corrected chi connectivity index (χ2v) is 10.4. The molecule has 7 nitrogen and oxygen atoms in total. The van der Waals surface area contributed by atoms with Crippen LogP contribution in [0.3, 0.4) is 0 Å². The number of hydrogen-bond donors (Lipinski definition) is 1. The number of barbiturate groups is 1. The Balaban J connectivity index is 1.47. The zero-order valence-electron chi connectivity index (χ0n) is 21.7. The summed E-state index contributed by atoms with van der Waals surface area (Å²) >= 11 is 10.0. The number of amides is 4. The Morgan fingerprint density at radius 1 is 0.975 bits per heavy atom. The van der Waals surface area contributed by atoms with Gasteiger partial charge in [0.2, 0.25) is 0 Å². The molecule has 1 aliphatic heterocycles. The fourth-order valence-electron chi connectivity index (χ4n) is 4.56. The first-order chi connectivity index (χ1) is 19.3. The monoisotopic (exact) mass is 618 g/mol. The van der Waals surface area contributed by atoms with E-state index < -0.39 is 17.8 Å². The van der Waals surface area contributed by atoms with Crippen molar-refractivity contribution in [2.45, 2.75) is 20.5 Å². The largest absolute Gasteiger partial charge is 0.490 e. The molecule has 0 atom stereocenters. The van der Waals surface area contributed by atoms with Crippen molar-refractivity contribution in [3.8, 4) is 11.5 Å². The molecule has 1 N–H and O–H groups in total. The van der Waals surface area contributed by atoms with Crippen LogP contribution in [0.25, 0.3) is 16.8 Å². The van der Waals surface area contributed by atoms with Crippen molar-refractivity contribution in [2.75, 3.05) is 11.5 Å². The van der Waals surface area contributed by atoms with E-state index in [2.05, 4.69) is 21.2 Å². The van der Waals surface area contributed by atoms with Crippen molar-refractivity contribution in [3.05, 3.63) is 105 Å². The average molecular weight is 620 g/mol. The Labute approximate surface area is 244 Å². The maximum atomic E-state index is 13.4. The lowest BCUT2D eigenvalue weighted by Crippen LogP contribution is -2.54. The van der Waals surface area contributed by atoms with Gasteiger partial charge in [0, 0.05) is 4.47 Å². The smallest absolute Gasteiger partial charge is 0.335 e. The third-order valence-corrected chi connectivity index (χ3v) is 7.17. The molecule has 202 valence electrons. The van der Waals surface area contributed by atoms with Crippen molar-refractivity contribution in [1.82, 2.24) is 5.32 Å². The van der Waals surface area contributed by atoms with Gasteiger partial charge in [-0.1, -0.05) is 70.0 Å². The minimum atomic E-state index is -0.817. The Bertz CT molecular complexity index is 1700. The highest BCUT2D eigenvalue weighted by Gasteiger charge is 2.37. The van der Waals surface area contributed by atoms with Crippen molar-refractivity contribution < 1.29 is 23.9 Å². The number of carbonyl (C=O) groups excluding carboxylic acids is 3. The van der Waals surface area contributed by atoms with Gasteiger partial charge < -0.3 is 9.47 Å². The van der Waals surface area contributed by atoms with Gasteiger partial charge in [-0.25, -0.2) is 9.69 Å². The van der Waals surface area contributed by atoms with Gasteiger partial charge >= 0.3 is 6.03 Å². The number of carbonyl (C=O) groups is 3. The summed E-state index contributed by atoms with van der Waals surface area (Å²) in [4.78, 5) is 39.7. The highest BCUT2D eigenvalue weighted by Crippen LogP contribution is 2.38. The third kappa shape index (κ3) is 5.46. The van der Waals surface area contributed by atoms with E-state index in [4.69, 9.17) is 21.1 Å². The Kier molecular flexibility index (Phi) is 7.91. The number of anilines is 1. The summed E-state index contributed by atoms with van der Waals surface area (Å²) in [6, 6.07) is 21.6. The van der Waals surface area contributed by atoms with Crippen molar-refractivity contribution >= 4 is 67.9 Å². The molecule has 0 radical (unpaired) electrons. The Morgan fingerprint density at radius 3 is 2.52 bits per heavy atom. The summed E-state index contributed by atoms with van der Waals surface area (Å²) in [6.45, 7) is 4.19. The predicted molar refractivity (Wildman–Crippen MR) is 159 cm³/mol. The van der Waals surface area contributed by atoms with Crippen LogP contribution >= 0.6 is 27.5 Å². The van der Waals surface area contributed by atoms with Gasteiger partial charge in [-0.05, 0) is 77.7 Å². The van der Waals surface area contributed by atoms with Gasteiger partial charge in [0.05, 0.1) is 17.3 Å². The van der Waals surface area contributed by atoms with E-state index in [-0.39, 0.29) is 17.2 Å². The molecular formula is C31H24BrClN2O5. The quantitative estimate of drug-likeness (QED) is 0.175. The number of nitrogens with zero attached hydrogens (tertiary/aromatic N) is 1. The predicted octanol–water partition coefficient (Wildman–Crippen LogP) is 7.21. The molecule has 5 rings (SSSR count). The maximum absolute atomic E-state index is 13.4. The summed E-state index contributed by atoms with van der Waals surface area (Å²) in [5.74, 6) is -0.835. The second kappa shape index (κ2) is 11.5. The fraction of sp³-hybridized carbons (Fsp3) is 0.129. The third-order valence-electron chi connectivity index (χ3n) is 6.40. The van der Waals surface area contributed by atoms with Gasteiger partial charge in [-0.2, -0.15) is 0 Å². The molecule has 1 aliphatic rings. The van der Waals surface area contributed by atoms with E-state index in [1.807, 2.05) is 49.4 Å². The number of fused-ring (bicyclic) bond motifs is 1.